The third kappa shape index (κ3) is 3.27. The maximum atomic E-state index is 12.0. The Hall–Kier alpha value is -1.81. The monoisotopic (exact) mass is 304 g/mol. The summed E-state index contributed by atoms with van der Waals surface area (Å²) >= 11 is 5.87. The highest BCUT2D eigenvalue weighted by Gasteiger charge is 2.45. The standard InChI is InChI=1S/C16H17ClN2O2/c1-19-8-7-18-15(19)6-9-21-16(20)14-10-13(14)11-2-4-12(17)5-3-11/h2-5,7-8,13-14H,6,9-10H2,1H3/t13-,14-/m1/s1. The normalized spacial score (nSPS) is 20.3. The average molecular weight is 305 g/mol. The zero-order valence-electron chi connectivity index (χ0n) is 11.8. The van der Waals surface area contributed by atoms with Crippen LogP contribution in [0.5, 0.6) is 0 Å². The third-order valence-corrected chi connectivity index (χ3v) is 4.13. The summed E-state index contributed by atoms with van der Waals surface area (Å²) in [7, 11) is 1.93. The molecule has 1 aromatic heterocycles. The van der Waals surface area contributed by atoms with E-state index in [2.05, 4.69) is 4.98 Å². The van der Waals surface area contributed by atoms with Gasteiger partial charge in [0.1, 0.15) is 5.82 Å². The van der Waals surface area contributed by atoms with Gasteiger partial charge in [0.15, 0.2) is 0 Å². The molecule has 110 valence electrons. The van der Waals surface area contributed by atoms with Crippen LogP contribution >= 0.6 is 11.6 Å². The topological polar surface area (TPSA) is 44.1 Å². The van der Waals surface area contributed by atoms with Gasteiger partial charge in [0, 0.05) is 30.9 Å². The summed E-state index contributed by atoms with van der Waals surface area (Å²) in [5.41, 5.74) is 1.16. The quantitative estimate of drug-likeness (QED) is 0.798. The molecule has 0 amide bonds. The average Bonchev–Trinajstić information content (AvgIpc) is 3.17. The van der Waals surface area contributed by atoms with Gasteiger partial charge in [0.05, 0.1) is 12.5 Å². The molecule has 2 aromatic rings. The number of benzene rings is 1. The number of hydrogen-bond donors (Lipinski definition) is 0. The zero-order valence-corrected chi connectivity index (χ0v) is 12.6. The molecule has 5 heteroatoms. The number of imidazole rings is 1. The van der Waals surface area contributed by atoms with E-state index in [1.54, 1.807) is 6.20 Å². The van der Waals surface area contributed by atoms with Gasteiger partial charge in [0.2, 0.25) is 0 Å². The number of halogens is 1. The minimum atomic E-state index is -0.107. The molecule has 1 fully saturated rings. The number of hydrogen-bond acceptors (Lipinski definition) is 3. The fraction of sp³-hybridized carbons (Fsp3) is 0.375. The first-order chi connectivity index (χ1) is 10.1. The second-order valence-electron chi connectivity index (χ2n) is 5.37. The Morgan fingerprint density at radius 1 is 1.43 bits per heavy atom. The molecular weight excluding hydrogens is 288 g/mol. The molecule has 4 nitrogen and oxygen atoms in total. The SMILES string of the molecule is Cn1ccnc1CCOC(=O)[C@@H]1C[C@@H]1c1ccc(Cl)cc1. The summed E-state index contributed by atoms with van der Waals surface area (Å²) in [5, 5.41) is 0.716. The van der Waals surface area contributed by atoms with Crippen LogP contribution in [0, 0.1) is 5.92 Å². The van der Waals surface area contributed by atoms with Crippen LogP contribution in [0.4, 0.5) is 0 Å². The van der Waals surface area contributed by atoms with E-state index in [1.165, 1.54) is 0 Å². The molecule has 21 heavy (non-hydrogen) atoms. The van der Waals surface area contributed by atoms with E-state index >= 15 is 0 Å². The Labute approximate surface area is 128 Å². The Bertz CT molecular complexity index is 636. The Morgan fingerprint density at radius 2 is 2.19 bits per heavy atom. The van der Waals surface area contributed by atoms with Crippen molar-refractivity contribution in [1.29, 1.82) is 0 Å². The second-order valence-corrected chi connectivity index (χ2v) is 5.81. The van der Waals surface area contributed by atoms with E-state index in [-0.39, 0.29) is 17.8 Å². The van der Waals surface area contributed by atoms with Gasteiger partial charge in [-0.2, -0.15) is 0 Å². The fourth-order valence-corrected chi connectivity index (χ4v) is 2.65. The Balaban J connectivity index is 1.47. The van der Waals surface area contributed by atoms with Crippen LogP contribution in [0.15, 0.2) is 36.7 Å². The molecule has 1 aliphatic rings. The lowest BCUT2D eigenvalue weighted by molar-refractivity contribution is -0.145. The molecule has 1 aromatic carbocycles. The van der Waals surface area contributed by atoms with E-state index in [1.807, 2.05) is 42.1 Å². The number of ether oxygens (including phenoxy) is 1. The smallest absolute Gasteiger partial charge is 0.309 e. The van der Waals surface area contributed by atoms with Crippen molar-refractivity contribution in [3.8, 4) is 0 Å². The van der Waals surface area contributed by atoms with E-state index in [9.17, 15) is 4.79 Å². The van der Waals surface area contributed by atoms with Crippen molar-refractivity contribution in [2.75, 3.05) is 6.61 Å². The second kappa shape index (κ2) is 5.90. The van der Waals surface area contributed by atoms with Crippen molar-refractivity contribution in [2.24, 2.45) is 13.0 Å². The van der Waals surface area contributed by atoms with Crippen molar-refractivity contribution in [1.82, 2.24) is 9.55 Å². The molecule has 1 aliphatic carbocycles. The van der Waals surface area contributed by atoms with E-state index in [0.717, 1.165) is 17.8 Å². The number of carbonyl (C=O) groups excluding carboxylic acids is 1. The molecule has 0 saturated heterocycles. The van der Waals surface area contributed by atoms with Gasteiger partial charge in [-0.05, 0) is 30.0 Å². The number of esters is 1. The van der Waals surface area contributed by atoms with E-state index < -0.39 is 0 Å². The Kier molecular flexibility index (Phi) is 3.97. The summed E-state index contributed by atoms with van der Waals surface area (Å²) in [4.78, 5) is 16.2. The number of aryl methyl sites for hydroxylation is 1. The summed E-state index contributed by atoms with van der Waals surface area (Å²) < 4.78 is 7.28. The molecule has 0 bridgehead atoms. The van der Waals surface area contributed by atoms with Crippen molar-refractivity contribution in [3.05, 3.63) is 53.1 Å². The highest BCUT2D eigenvalue weighted by Crippen LogP contribution is 2.48. The largest absolute Gasteiger partial charge is 0.465 e. The van der Waals surface area contributed by atoms with Crippen LogP contribution in [0.25, 0.3) is 0 Å². The van der Waals surface area contributed by atoms with E-state index in [0.29, 0.717) is 18.1 Å². The van der Waals surface area contributed by atoms with Gasteiger partial charge >= 0.3 is 5.97 Å². The molecule has 3 rings (SSSR count). The van der Waals surface area contributed by atoms with Gasteiger partial charge in [-0.25, -0.2) is 4.98 Å². The first-order valence-electron chi connectivity index (χ1n) is 7.03. The van der Waals surface area contributed by atoms with Gasteiger partial charge < -0.3 is 9.30 Å². The third-order valence-electron chi connectivity index (χ3n) is 3.88. The summed E-state index contributed by atoms with van der Waals surface area (Å²) in [5.74, 6) is 1.09. The molecule has 1 saturated carbocycles. The Morgan fingerprint density at radius 3 is 2.86 bits per heavy atom. The molecular formula is C16H17ClN2O2. The molecule has 0 radical (unpaired) electrons. The zero-order chi connectivity index (χ0) is 14.8. The summed E-state index contributed by atoms with van der Waals surface area (Å²) in [6.45, 7) is 0.382. The minimum Gasteiger partial charge on any atom is -0.465 e. The first kappa shape index (κ1) is 14.1. The van der Waals surface area contributed by atoms with Crippen LogP contribution in [0.1, 0.15) is 23.7 Å². The van der Waals surface area contributed by atoms with Crippen molar-refractivity contribution in [2.45, 2.75) is 18.8 Å². The molecule has 0 aliphatic heterocycles. The number of carbonyl (C=O) groups is 1. The van der Waals surface area contributed by atoms with Crippen LogP contribution in [0.3, 0.4) is 0 Å². The minimum absolute atomic E-state index is 0.00690. The van der Waals surface area contributed by atoms with Gasteiger partial charge in [-0.3, -0.25) is 4.79 Å². The van der Waals surface area contributed by atoms with Crippen molar-refractivity contribution in [3.63, 3.8) is 0 Å². The van der Waals surface area contributed by atoms with Crippen LogP contribution in [-0.2, 0) is 23.0 Å². The predicted molar refractivity (Wildman–Crippen MR) is 80.2 cm³/mol. The van der Waals surface area contributed by atoms with Crippen LogP contribution in [0.2, 0.25) is 5.02 Å². The van der Waals surface area contributed by atoms with Crippen molar-refractivity contribution < 1.29 is 9.53 Å². The lowest BCUT2D eigenvalue weighted by atomic mass is 10.1. The van der Waals surface area contributed by atoms with Gasteiger partial charge in [-0.15, -0.1) is 0 Å². The van der Waals surface area contributed by atoms with Gasteiger partial charge in [0.25, 0.3) is 0 Å². The highest BCUT2D eigenvalue weighted by molar-refractivity contribution is 6.30. The fourth-order valence-electron chi connectivity index (χ4n) is 2.52. The number of nitrogens with zero attached hydrogens (tertiary/aromatic N) is 2. The molecule has 0 N–H and O–H groups in total. The van der Waals surface area contributed by atoms with Gasteiger partial charge in [-0.1, -0.05) is 23.7 Å². The summed E-state index contributed by atoms with van der Waals surface area (Å²) in [6, 6.07) is 7.68. The molecule has 1 heterocycles. The highest BCUT2D eigenvalue weighted by atomic mass is 35.5. The maximum Gasteiger partial charge on any atom is 0.309 e. The van der Waals surface area contributed by atoms with Crippen LogP contribution < -0.4 is 0 Å². The maximum absolute atomic E-state index is 12.0. The molecule has 0 spiro atoms. The number of aromatic nitrogens is 2. The van der Waals surface area contributed by atoms with E-state index in [4.69, 9.17) is 16.3 Å². The predicted octanol–water partition coefficient (Wildman–Crippen LogP) is 2.96. The molecule has 2 atom stereocenters. The molecule has 0 unspecified atom stereocenters. The lowest BCUT2D eigenvalue weighted by Crippen LogP contribution is -2.12. The van der Waals surface area contributed by atoms with Crippen molar-refractivity contribution >= 4 is 17.6 Å². The summed E-state index contributed by atoms with van der Waals surface area (Å²) in [6.07, 6.45) is 5.14. The number of rotatable bonds is 5. The first-order valence-corrected chi connectivity index (χ1v) is 7.41. The van der Waals surface area contributed by atoms with Crippen LogP contribution in [-0.4, -0.2) is 22.1 Å². The lowest BCUT2D eigenvalue weighted by Gasteiger charge is -2.05.